The molecule has 1 amide bonds. The number of nitrogens with zero attached hydrogens (tertiary/aromatic N) is 3. The van der Waals surface area contributed by atoms with E-state index in [1.54, 1.807) is 4.90 Å². The monoisotopic (exact) mass is 331 g/mol. The van der Waals surface area contributed by atoms with Crippen LogP contribution in [-0.2, 0) is 16.1 Å². The molecule has 1 atom stereocenters. The third kappa shape index (κ3) is 4.13. The lowest BCUT2D eigenvalue weighted by Gasteiger charge is -2.35. The van der Waals surface area contributed by atoms with Gasteiger partial charge in [0.1, 0.15) is 6.04 Å². The zero-order valence-corrected chi connectivity index (χ0v) is 13.9. The minimum atomic E-state index is -0.812. The zero-order chi connectivity index (χ0) is 16.9. The molecule has 1 unspecified atom stereocenters. The van der Waals surface area contributed by atoms with Crippen LogP contribution in [0.1, 0.15) is 18.4 Å². The highest BCUT2D eigenvalue weighted by Gasteiger charge is 2.33. The number of likely N-dealkylation sites (tertiary alicyclic amines) is 1. The zero-order valence-electron chi connectivity index (χ0n) is 13.9. The minimum Gasteiger partial charge on any atom is -0.480 e. The van der Waals surface area contributed by atoms with Gasteiger partial charge in [0.05, 0.1) is 6.54 Å². The molecule has 3 rings (SSSR count). The molecule has 2 aliphatic heterocycles. The molecule has 0 spiro atoms. The highest BCUT2D eigenvalue weighted by molar-refractivity contribution is 5.80. The van der Waals surface area contributed by atoms with E-state index >= 15 is 0 Å². The number of carbonyl (C=O) groups excluding carboxylic acids is 1. The predicted molar refractivity (Wildman–Crippen MR) is 90.5 cm³/mol. The van der Waals surface area contributed by atoms with Gasteiger partial charge in [0.2, 0.25) is 5.91 Å². The van der Waals surface area contributed by atoms with E-state index in [1.807, 2.05) is 23.1 Å². The van der Waals surface area contributed by atoms with Crippen LogP contribution in [0.5, 0.6) is 0 Å². The second-order valence-electron chi connectivity index (χ2n) is 6.61. The van der Waals surface area contributed by atoms with Gasteiger partial charge in [0, 0.05) is 32.7 Å². The number of piperazine rings is 1. The van der Waals surface area contributed by atoms with E-state index in [1.165, 1.54) is 5.56 Å². The fraction of sp³-hybridized carbons (Fsp3) is 0.556. The molecule has 2 heterocycles. The van der Waals surface area contributed by atoms with E-state index in [0.29, 0.717) is 13.0 Å². The van der Waals surface area contributed by atoms with Gasteiger partial charge in [-0.3, -0.25) is 19.4 Å². The Hall–Kier alpha value is -1.92. The molecule has 6 heteroatoms. The van der Waals surface area contributed by atoms with Gasteiger partial charge >= 0.3 is 5.97 Å². The second kappa shape index (κ2) is 7.77. The minimum absolute atomic E-state index is 0.0579. The molecule has 0 aromatic heterocycles. The van der Waals surface area contributed by atoms with Crippen LogP contribution in [0.4, 0.5) is 0 Å². The van der Waals surface area contributed by atoms with Gasteiger partial charge in [-0.1, -0.05) is 30.3 Å². The van der Waals surface area contributed by atoms with Crippen molar-refractivity contribution in [3.05, 3.63) is 35.9 Å². The first-order chi connectivity index (χ1) is 11.6. The number of aliphatic carboxylic acids is 1. The molecule has 0 aliphatic carbocycles. The quantitative estimate of drug-likeness (QED) is 0.868. The van der Waals surface area contributed by atoms with Crippen molar-refractivity contribution >= 4 is 11.9 Å². The van der Waals surface area contributed by atoms with Gasteiger partial charge in [0.15, 0.2) is 0 Å². The first-order valence-electron chi connectivity index (χ1n) is 8.64. The molecule has 24 heavy (non-hydrogen) atoms. The summed E-state index contributed by atoms with van der Waals surface area (Å²) < 4.78 is 0. The van der Waals surface area contributed by atoms with Gasteiger partial charge in [-0.15, -0.1) is 0 Å². The van der Waals surface area contributed by atoms with Crippen LogP contribution in [0, 0.1) is 0 Å². The fourth-order valence-electron chi connectivity index (χ4n) is 3.57. The van der Waals surface area contributed by atoms with Crippen molar-refractivity contribution in [2.45, 2.75) is 25.4 Å². The molecule has 0 bridgehead atoms. The fourth-order valence-corrected chi connectivity index (χ4v) is 3.57. The number of amides is 1. The van der Waals surface area contributed by atoms with Crippen LogP contribution in [-0.4, -0.2) is 77.0 Å². The van der Waals surface area contributed by atoms with Crippen LogP contribution >= 0.6 is 0 Å². The van der Waals surface area contributed by atoms with E-state index in [4.69, 9.17) is 0 Å². The standard InChI is InChI=1S/C18H25N3O3/c22-17(14-21-8-4-7-16(21)18(23)24)20-11-9-19(10-12-20)13-15-5-2-1-3-6-15/h1-3,5-6,16H,4,7-14H2,(H,23,24). The van der Waals surface area contributed by atoms with Gasteiger partial charge in [-0.2, -0.15) is 0 Å². The summed E-state index contributed by atoms with van der Waals surface area (Å²) in [7, 11) is 0. The summed E-state index contributed by atoms with van der Waals surface area (Å²) in [6.45, 7) is 5.02. The van der Waals surface area contributed by atoms with Crippen molar-refractivity contribution in [1.29, 1.82) is 0 Å². The van der Waals surface area contributed by atoms with Gasteiger partial charge in [-0.05, 0) is 24.9 Å². The molecule has 2 saturated heterocycles. The molecule has 0 radical (unpaired) electrons. The number of carboxylic acids is 1. The number of carboxylic acid groups (broad SMARTS) is 1. The Kier molecular flexibility index (Phi) is 5.48. The molecule has 0 saturated carbocycles. The van der Waals surface area contributed by atoms with Crippen molar-refractivity contribution in [1.82, 2.24) is 14.7 Å². The predicted octanol–water partition coefficient (Wildman–Crippen LogP) is 0.880. The molecule has 1 aromatic rings. The number of benzene rings is 1. The molecular weight excluding hydrogens is 306 g/mol. The van der Waals surface area contributed by atoms with Crippen molar-refractivity contribution < 1.29 is 14.7 Å². The Labute approximate surface area is 142 Å². The Morgan fingerprint density at radius 1 is 1.04 bits per heavy atom. The van der Waals surface area contributed by atoms with E-state index in [0.717, 1.165) is 39.1 Å². The van der Waals surface area contributed by atoms with E-state index in [-0.39, 0.29) is 12.5 Å². The SMILES string of the molecule is O=C(O)C1CCCN1CC(=O)N1CCN(Cc2ccccc2)CC1. The van der Waals surface area contributed by atoms with Crippen LogP contribution in [0.15, 0.2) is 30.3 Å². The Balaban J connectivity index is 1.46. The maximum atomic E-state index is 12.5. The summed E-state index contributed by atoms with van der Waals surface area (Å²) in [5, 5.41) is 9.21. The molecule has 2 aliphatic rings. The molecule has 130 valence electrons. The number of hydrogen-bond acceptors (Lipinski definition) is 4. The van der Waals surface area contributed by atoms with Crippen molar-refractivity contribution in [3.8, 4) is 0 Å². The highest BCUT2D eigenvalue weighted by Crippen LogP contribution is 2.17. The lowest BCUT2D eigenvalue weighted by atomic mass is 10.2. The molecule has 1 N–H and O–H groups in total. The average Bonchev–Trinajstić information content (AvgIpc) is 3.05. The van der Waals surface area contributed by atoms with Crippen LogP contribution in [0.25, 0.3) is 0 Å². The lowest BCUT2D eigenvalue weighted by molar-refractivity contribution is -0.143. The topological polar surface area (TPSA) is 64.1 Å². The maximum Gasteiger partial charge on any atom is 0.320 e. The molecule has 2 fully saturated rings. The lowest BCUT2D eigenvalue weighted by Crippen LogP contribution is -2.51. The highest BCUT2D eigenvalue weighted by atomic mass is 16.4. The largest absolute Gasteiger partial charge is 0.480 e. The maximum absolute atomic E-state index is 12.5. The first kappa shape index (κ1) is 16.9. The average molecular weight is 331 g/mol. The summed E-state index contributed by atoms with van der Waals surface area (Å²) in [4.78, 5) is 29.7. The molecular formula is C18H25N3O3. The van der Waals surface area contributed by atoms with Crippen LogP contribution in [0.2, 0.25) is 0 Å². The first-order valence-corrected chi connectivity index (χ1v) is 8.64. The van der Waals surface area contributed by atoms with Crippen molar-refractivity contribution in [3.63, 3.8) is 0 Å². The van der Waals surface area contributed by atoms with Gasteiger partial charge in [0.25, 0.3) is 0 Å². The normalized spacial score (nSPS) is 22.7. The van der Waals surface area contributed by atoms with Crippen LogP contribution < -0.4 is 0 Å². The summed E-state index contributed by atoms with van der Waals surface area (Å²) in [6.07, 6.45) is 1.50. The Bertz CT molecular complexity index is 570. The number of hydrogen-bond donors (Lipinski definition) is 1. The smallest absolute Gasteiger partial charge is 0.320 e. The summed E-state index contributed by atoms with van der Waals surface area (Å²) in [5.74, 6) is -0.754. The summed E-state index contributed by atoms with van der Waals surface area (Å²) in [5.41, 5.74) is 1.29. The van der Waals surface area contributed by atoms with Gasteiger partial charge < -0.3 is 10.0 Å². The molecule has 6 nitrogen and oxygen atoms in total. The molecule has 1 aromatic carbocycles. The Morgan fingerprint density at radius 2 is 1.75 bits per heavy atom. The third-order valence-corrected chi connectivity index (χ3v) is 4.96. The van der Waals surface area contributed by atoms with Crippen LogP contribution in [0.3, 0.4) is 0 Å². The summed E-state index contributed by atoms with van der Waals surface area (Å²) >= 11 is 0. The van der Waals surface area contributed by atoms with E-state index in [9.17, 15) is 14.7 Å². The van der Waals surface area contributed by atoms with Crippen molar-refractivity contribution in [2.24, 2.45) is 0 Å². The Morgan fingerprint density at radius 3 is 2.42 bits per heavy atom. The summed E-state index contributed by atoms with van der Waals surface area (Å²) in [6, 6.07) is 9.86. The van der Waals surface area contributed by atoms with Gasteiger partial charge in [-0.25, -0.2) is 0 Å². The number of carbonyl (C=O) groups is 2. The third-order valence-electron chi connectivity index (χ3n) is 4.96. The van der Waals surface area contributed by atoms with E-state index in [2.05, 4.69) is 17.0 Å². The van der Waals surface area contributed by atoms with E-state index < -0.39 is 12.0 Å². The number of rotatable bonds is 5. The second-order valence-corrected chi connectivity index (χ2v) is 6.61. The van der Waals surface area contributed by atoms with Crippen molar-refractivity contribution in [2.75, 3.05) is 39.3 Å².